The Hall–Kier alpha value is -1.43. The second-order valence-electron chi connectivity index (χ2n) is 4.78. The van der Waals surface area contributed by atoms with Crippen molar-refractivity contribution in [3.8, 4) is 0 Å². The lowest BCUT2D eigenvalue weighted by atomic mass is 10.1. The van der Waals surface area contributed by atoms with Crippen molar-refractivity contribution in [3.63, 3.8) is 0 Å². The van der Waals surface area contributed by atoms with Crippen molar-refractivity contribution in [1.29, 1.82) is 0 Å². The summed E-state index contributed by atoms with van der Waals surface area (Å²) in [6.07, 6.45) is -0.713. The average molecular weight is 280 g/mol. The molecule has 5 heteroatoms. The zero-order valence-corrected chi connectivity index (χ0v) is 12.3. The van der Waals surface area contributed by atoms with Gasteiger partial charge in [-0.2, -0.15) is 0 Å². The first-order valence-electron chi connectivity index (χ1n) is 6.84. The molecule has 0 heterocycles. The summed E-state index contributed by atoms with van der Waals surface area (Å²) < 4.78 is 5.62. The number of carbonyl (C=O) groups is 1. The third-order valence-corrected chi connectivity index (χ3v) is 3.11. The molecule has 0 saturated carbocycles. The van der Waals surface area contributed by atoms with E-state index in [4.69, 9.17) is 4.74 Å². The van der Waals surface area contributed by atoms with Crippen LogP contribution < -0.4 is 10.6 Å². The molecule has 112 valence electrons. The molecule has 0 bridgehead atoms. The van der Waals surface area contributed by atoms with E-state index in [1.165, 1.54) is 0 Å². The number of rotatable bonds is 8. The first-order valence-corrected chi connectivity index (χ1v) is 6.84. The second-order valence-corrected chi connectivity index (χ2v) is 4.78. The standard InChI is InChI=1S/C15H24N2O3/c1-11(15(19)16-3)17-9-14(18)10-20-12(2)13-7-5-4-6-8-13/h4-8,11-12,14,17-18H,9-10H2,1-3H3,(H,16,19). The molecule has 0 aliphatic heterocycles. The second kappa shape index (κ2) is 8.68. The summed E-state index contributed by atoms with van der Waals surface area (Å²) in [4.78, 5) is 11.3. The van der Waals surface area contributed by atoms with Crippen molar-refractivity contribution >= 4 is 5.91 Å². The van der Waals surface area contributed by atoms with Crippen LogP contribution >= 0.6 is 0 Å². The van der Waals surface area contributed by atoms with Crippen molar-refractivity contribution in [2.45, 2.75) is 32.1 Å². The number of hydrogen-bond donors (Lipinski definition) is 3. The van der Waals surface area contributed by atoms with Gasteiger partial charge in [-0.05, 0) is 19.4 Å². The molecule has 0 aliphatic carbocycles. The highest BCUT2D eigenvalue weighted by atomic mass is 16.5. The van der Waals surface area contributed by atoms with Crippen molar-refractivity contribution in [3.05, 3.63) is 35.9 Å². The number of benzene rings is 1. The van der Waals surface area contributed by atoms with Crippen molar-refractivity contribution in [2.75, 3.05) is 20.2 Å². The van der Waals surface area contributed by atoms with Gasteiger partial charge in [-0.25, -0.2) is 0 Å². The average Bonchev–Trinajstić information content (AvgIpc) is 2.50. The van der Waals surface area contributed by atoms with Crippen LogP contribution in [0.5, 0.6) is 0 Å². The van der Waals surface area contributed by atoms with Gasteiger partial charge in [-0.1, -0.05) is 30.3 Å². The van der Waals surface area contributed by atoms with Crippen molar-refractivity contribution in [2.24, 2.45) is 0 Å². The largest absolute Gasteiger partial charge is 0.389 e. The fourth-order valence-electron chi connectivity index (χ4n) is 1.76. The third-order valence-electron chi connectivity index (χ3n) is 3.11. The number of carbonyl (C=O) groups excluding carboxylic acids is 1. The van der Waals surface area contributed by atoms with Crippen molar-refractivity contribution in [1.82, 2.24) is 10.6 Å². The monoisotopic (exact) mass is 280 g/mol. The lowest BCUT2D eigenvalue weighted by molar-refractivity contribution is -0.122. The molecule has 0 radical (unpaired) electrons. The molecule has 3 atom stereocenters. The predicted molar refractivity (Wildman–Crippen MR) is 78.3 cm³/mol. The highest BCUT2D eigenvalue weighted by Gasteiger charge is 2.14. The maximum atomic E-state index is 11.3. The number of amides is 1. The van der Waals surface area contributed by atoms with E-state index in [0.717, 1.165) is 5.56 Å². The van der Waals surface area contributed by atoms with Gasteiger partial charge in [0, 0.05) is 13.6 Å². The molecular formula is C15H24N2O3. The quantitative estimate of drug-likeness (QED) is 0.660. The van der Waals surface area contributed by atoms with E-state index in [1.54, 1.807) is 14.0 Å². The Balaban J connectivity index is 2.26. The summed E-state index contributed by atoms with van der Waals surface area (Å²) in [6.45, 7) is 4.24. The molecule has 1 aromatic carbocycles. The van der Waals surface area contributed by atoms with E-state index in [1.807, 2.05) is 37.3 Å². The van der Waals surface area contributed by atoms with Gasteiger partial charge in [0.2, 0.25) is 5.91 Å². The molecule has 3 unspecified atom stereocenters. The summed E-state index contributed by atoms with van der Waals surface area (Å²) in [7, 11) is 1.58. The molecule has 1 aromatic rings. The van der Waals surface area contributed by atoms with Crippen LogP contribution in [0.15, 0.2) is 30.3 Å². The number of likely N-dealkylation sites (N-methyl/N-ethyl adjacent to an activating group) is 1. The molecule has 0 aromatic heterocycles. The maximum Gasteiger partial charge on any atom is 0.236 e. The van der Waals surface area contributed by atoms with Gasteiger partial charge in [-0.3, -0.25) is 4.79 Å². The van der Waals surface area contributed by atoms with Crippen LogP contribution in [0.25, 0.3) is 0 Å². The summed E-state index contributed by atoms with van der Waals surface area (Å²) in [5, 5.41) is 15.3. The predicted octanol–water partition coefficient (Wildman–Crippen LogP) is 0.849. The van der Waals surface area contributed by atoms with Gasteiger partial charge >= 0.3 is 0 Å². The van der Waals surface area contributed by atoms with Crippen LogP contribution in [-0.4, -0.2) is 43.4 Å². The fourth-order valence-corrected chi connectivity index (χ4v) is 1.76. The highest BCUT2D eigenvalue weighted by Crippen LogP contribution is 2.15. The van der Waals surface area contributed by atoms with E-state index in [-0.39, 0.29) is 24.7 Å². The normalized spacial score (nSPS) is 15.4. The Morgan fingerprint density at radius 2 is 1.95 bits per heavy atom. The smallest absolute Gasteiger partial charge is 0.236 e. The summed E-state index contributed by atoms with van der Waals surface area (Å²) in [6, 6.07) is 9.51. The van der Waals surface area contributed by atoms with E-state index in [2.05, 4.69) is 10.6 Å². The number of aliphatic hydroxyl groups excluding tert-OH is 1. The number of aliphatic hydroxyl groups is 1. The SMILES string of the molecule is CNC(=O)C(C)NCC(O)COC(C)c1ccccc1. The first-order chi connectivity index (χ1) is 9.54. The van der Waals surface area contributed by atoms with Gasteiger partial charge in [0.25, 0.3) is 0 Å². The van der Waals surface area contributed by atoms with Crippen LogP contribution in [0.3, 0.4) is 0 Å². The summed E-state index contributed by atoms with van der Waals surface area (Å²) >= 11 is 0. The number of ether oxygens (including phenoxy) is 1. The number of nitrogens with one attached hydrogen (secondary N) is 2. The Morgan fingerprint density at radius 1 is 1.30 bits per heavy atom. The van der Waals surface area contributed by atoms with Crippen LogP contribution in [-0.2, 0) is 9.53 Å². The zero-order chi connectivity index (χ0) is 15.0. The van der Waals surface area contributed by atoms with E-state index in [0.29, 0.717) is 6.54 Å². The van der Waals surface area contributed by atoms with Gasteiger partial charge in [-0.15, -0.1) is 0 Å². The van der Waals surface area contributed by atoms with E-state index >= 15 is 0 Å². The fraction of sp³-hybridized carbons (Fsp3) is 0.533. The molecule has 0 saturated heterocycles. The minimum absolute atomic E-state index is 0.0674. The topological polar surface area (TPSA) is 70.6 Å². The van der Waals surface area contributed by atoms with Crippen LogP contribution in [0.1, 0.15) is 25.5 Å². The molecule has 3 N–H and O–H groups in total. The third kappa shape index (κ3) is 5.69. The van der Waals surface area contributed by atoms with Gasteiger partial charge in [0.1, 0.15) is 0 Å². The highest BCUT2D eigenvalue weighted by molar-refractivity contribution is 5.80. The first kappa shape index (κ1) is 16.6. The Bertz CT molecular complexity index is 397. The Labute approximate surface area is 120 Å². The van der Waals surface area contributed by atoms with E-state index < -0.39 is 6.10 Å². The van der Waals surface area contributed by atoms with Crippen LogP contribution in [0.2, 0.25) is 0 Å². The zero-order valence-electron chi connectivity index (χ0n) is 12.3. The van der Waals surface area contributed by atoms with E-state index in [9.17, 15) is 9.90 Å². The molecule has 1 rings (SSSR count). The summed E-state index contributed by atoms with van der Waals surface area (Å²) in [5.41, 5.74) is 1.08. The molecule has 20 heavy (non-hydrogen) atoms. The number of hydrogen-bond acceptors (Lipinski definition) is 4. The lowest BCUT2D eigenvalue weighted by Crippen LogP contribution is -2.44. The minimum atomic E-state index is -0.645. The van der Waals surface area contributed by atoms with Gasteiger partial charge < -0.3 is 20.5 Å². The Kier molecular flexibility index (Phi) is 7.22. The molecular weight excluding hydrogens is 256 g/mol. The molecule has 0 spiro atoms. The maximum absolute atomic E-state index is 11.3. The Morgan fingerprint density at radius 3 is 2.55 bits per heavy atom. The minimum Gasteiger partial charge on any atom is -0.389 e. The summed E-state index contributed by atoms with van der Waals surface area (Å²) in [5.74, 6) is -0.101. The van der Waals surface area contributed by atoms with Gasteiger partial charge in [0.15, 0.2) is 0 Å². The van der Waals surface area contributed by atoms with Gasteiger partial charge in [0.05, 0.1) is 24.9 Å². The van der Waals surface area contributed by atoms with Crippen molar-refractivity contribution < 1.29 is 14.6 Å². The van der Waals surface area contributed by atoms with Crippen LogP contribution in [0, 0.1) is 0 Å². The lowest BCUT2D eigenvalue weighted by Gasteiger charge is -2.19. The molecule has 0 aliphatic rings. The molecule has 1 amide bonds. The molecule has 5 nitrogen and oxygen atoms in total. The van der Waals surface area contributed by atoms with Crippen LogP contribution in [0.4, 0.5) is 0 Å². The molecule has 0 fully saturated rings.